The number of furan rings is 1. The van der Waals surface area contributed by atoms with E-state index in [2.05, 4.69) is 27.4 Å². The molecular formula is C24H21N3O2S. The summed E-state index contributed by atoms with van der Waals surface area (Å²) in [6.07, 6.45) is 11.8. The van der Waals surface area contributed by atoms with Crippen LogP contribution in [-0.2, 0) is 0 Å². The molecule has 150 valence electrons. The average Bonchev–Trinajstić information content (AvgIpc) is 3.42. The maximum atomic E-state index is 12.6. The van der Waals surface area contributed by atoms with Gasteiger partial charge in [-0.1, -0.05) is 37.8 Å². The Morgan fingerprint density at radius 1 is 1.13 bits per heavy atom. The Morgan fingerprint density at radius 2 is 2.07 bits per heavy atom. The van der Waals surface area contributed by atoms with E-state index < -0.39 is 0 Å². The van der Waals surface area contributed by atoms with Crippen LogP contribution in [0.3, 0.4) is 0 Å². The molecule has 0 radical (unpaired) electrons. The Kier molecular flexibility index (Phi) is 5.59. The number of nitrogens with one attached hydrogen (secondary N) is 1. The van der Waals surface area contributed by atoms with Gasteiger partial charge in [0.05, 0.1) is 10.2 Å². The van der Waals surface area contributed by atoms with Gasteiger partial charge in [-0.15, -0.1) is 11.3 Å². The van der Waals surface area contributed by atoms with Crippen LogP contribution in [-0.4, -0.2) is 15.9 Å². The number of allylic oxidation sites excluding steroid dienone is 4. The van der Waals surface area contributed by atoms with Crippen LogP contribution in [0.15, 0.2) is 77.5 Å². The van der Waals surface area contributed by atoms with Crippen molar-refractivity contribution in [3.05, 3.63) is 84.6 Å². The van der Waals surface area contributed by atoms with Gasteiger partial charge in [-0.3, -0.25) is 9.78 Å². The molecule has 0 fully saturated rings. The Hall–Kier alpha value is -3.51. The highest BCUT2D eigenvalue weighted by atomic mass is 32.1. The number of pyridine rings is 1. The standard InChI is InChI=1S/C23H17N3O2S.CH4/c27-22(20-10-9-19(28-20)15-5-2-1-3-6-15)25-17-8-4-7-16(13-17)23-26-18-11-12-24-14-21(18)29-23;/h2,4-14H,1,3H2,(H,25,27);1H4. The first-order chi connectivity index (χ1) is 14.3. The van der Waals surface area contributed by atoms with Crippen LogP contribution in [0.25, 0.3) is 26.4 Å². The van der Waals surface area contributed by atoms with Gasteiger partial charge in [-0.25, -0.2) is 4.98 Å². The maximum absolute atomic E-state index is 12.6. The molecule has 1 aliphatic carbocycles. The largest absolute Gasteiger partial charge is 0.451 e. The van der Waals surface area contributed by atoms with Gasteiger partial charge in [-0.05, 0) is 43.2 Å². The molecule has 0 unspecified atom stereocenters. The molecule has 5 nitrogen and oxygen atoms in total. The number of thiazole rings is 1. The molecule has 1 amide bonds. The minimum absolute atomic E-state index is 0. The smallest absolute Gasteiger partial charge is 0.291 e. The first-order valence-corrected chi connectivity index (χ1v) is 10.2. The van der Waals surface area contributed by atoms with Crippen molar-refractivity contribution in [2.75, 3.05) is 5.32 Å². The van der Waals surface area contributed by atoms with Crippen LogP contribution in [0.1, 0.15) is 36.6 Å². The van der Waals surface area contributed by atoms with E-state index in [-0.39, 0.29) is 19.1 Å². The minimum Gasteiger partial charge on any atom is -0.451 e. The fourth-order valence-corrected chi connectivity index (χ4v) is 4.17. The third kappa shape index (κ3) is 3.95. The fraction of sp³-hybridized carbons (Fsp3) is 0.125. The Balaban J connectivity index is 0.00000218. The third-order valence-corrected chi connectivity index (χ3v) is 5.72. The van der Waals surface area contributed by atoms with Crippen molar-refractivity contribution in [1.29, 1.82) is 0 Å². The number of hydrogen-bond donors (Lipinski definition) is 1. The molecule has 0 aliphatic heterocycles. The Bertz CT molecular complexity index is 1230. The van der Waals surface area contributed by atoms with Crippen LogP contribution in [0.4, 0.5) is 5.69 Å². The number of rotatable bonds is 4. The van der Waals surface area contributed by atoms with Crippen molar-refractivity contribution < 1.29 is 9.21 Å². The lowest BCUT2D eigenvalue weighted by molar-refractivity contribution is 0.0996. The fourth-order valence-electron chi connectivity index (χ4n) is 3.24. The van der Waals surface area contributed by atoms with Gasteiger partial charge in [-0.2, -0.15) is 0 Å². The van der Waals surface area contributed by atoms with E-state index in [0.29, 0.717) is 11.4 Å². The molecule has 0 saturated heterocycles. The zero-order valence-corrected chi connectivity index (χ0v) is 16.3. The summed E-state index contributed by atoms with van der Waals surface area (Å²) in [5.74, 6) is 0.724. The number of anilines is 1. The first-order valence-electron chi connectivity index (χ1n) is 9.35. The summed E-state index contributed by atoms with van der Waals surface area (Å²) in [7, 11) is 0. The number of aromatic nitrogens is 2. The highest BCUT2D eigenvalue weighted by molar-refractivity contribution is 7.21. The Morgan fingerprint density at radius 3 is 2.90 bits per heavy atom. The zero-order chi connectivity index (χ0) is 19.6. The van der Waals surface area contributed by atoms with Crippen molar-refractivity contribution in [3.63, 3.8) is 0 Å². The molecule has 5 rings (SSSR count). The monoisotopic (exact) mass is 415 g/mol. The van der Waals surface area contributed by atoms with Crippen LogP contribution in [0.5, 0.6) is 0 Å². The molecule has 0 saturated carbocycles. The quantitative estimate of drug-likeness (QED) is 0.409. The molecule has 3 heterocycles. The minimum atomic E-state index is -0.276. The van der Waals surface area contributed by atoms with Crippen molar-refractivity contribution in [2.24, 2.45) is 0 Å². The molecule has 30 heavy (non-hydrogen) atoms. The summed E-state index contributed by atoms with van der Waals surface area (Å²) >= 11 is 1.58. The van der Waals surface area contributed by atoms with Gasteiger partial charge >= 0.3 is 0 Å². The van der Waals surface area contributed by atoms with Crippen molar-refractivity contribution >= 4 is 38.7 Å². The van der Waals surface area contributed by atoms with Crippen molar-refractivity contribution in [2.45, 2.75) is 20.3 Å². The molecule has 0 spiro atoms. The van der Waals surface area contributed by atoms with E-state index in [9.17, 15) is 4.79 Å². The highest BCUT2D eigenvalue weighted by Crippen LogP contribution is 2.31. The van der Waals surface area contributed by atoms with Crippen LogP contribution >= 0.6 is 11.3 Å². The number of benzene rings is 1. The van der Waals surface area contributed by atoms with Gasteiger partial charge in [0, 0.05) is 29.2 Å². The number of fused-ring (bicyclic) bond motifs is 1. The van der Waals surface area contributed by atoms with E-state index in [1.54, 1.807) is 23.6 Å². The van der Waals surface area contributed by atoms with Crippen molar-refractivity contribution in [1.82, 2.24) is 9.97 Å². The molecule has 1 aliphatic rings. The SMILES string of the molecule is C.O=C(Nc1cccc(-c2nc3ccncc3s2)c1)c1ccc(C2=CCCC=C2)o1. The topological polar surface area (TPSA) is 68.0 Å². The average molecular weight is 416 g/mol. The van der Waals surface area contributed by atoms with Gasteiger partial charge in [0.2, 0.25) is 0 Å². The molecule has 4 aromatic rings. The predicted octanol–water partition coefficient (Wildman–Crippen LogP) is 6.57. The summed E-state index contributed by atoms with van der Waals surface area (Å²) < 4.78 is 6.80. The lowest BCUT2D eigenvalue weighted by atomic mass is 10.1. The molecule has 0 atom stereocenters. The molecule has 6 heteroatoms. The lowest BCUT2D eigenvalue weighted by Gasteiger charge is -2.06. The second kappa shape index (κ2) is 8.47. The number of carbonyl (C=O) groups is 1. The van der Waals surface area contributed by atoms with E-state index in [1.807, 2.05) is 48.7 Å². The molecular weight excluding hydrogens is 394 g/mol. The zero-order valence-electron chi connectivity index (χ0n) is 15.5. The van der Waals surface area contributed by atoms with Crippen molar-refractivity contribution in [3.8, 4) is 10.6 Å². The van der Waals surface area contributed by atoms with Gasteiger partial charge in [0.15, 0.2) is 5.76 Å². The highest BCUT2D eigenvalue weighted by Gasteiger charge is 2.14. The van der Waals surface area contributed by atoms with E-state index in [1.165, 1.54) is 0 Å². The lowest BCUT2D eigenvalue weighted by Crippen LogP contribution is -2.10. The summed E-state index contributed by atoms with van der Waals surface area (Å²) in [6, 6.07) is 13.1. The van der Waals surface area contributed by atoms with Gasteiger partial charge in [0.25, 0.3) is 5.91 Å². The van der Waals surface area contributed by atoms with Crippen LogP contribution in [0, 0.1) is 0 Å². The van der Waals surface area contributed by atoms with Gasteiger partial charge in [0.1, 0.15) is 10.8 Å². The number of carbonyl (C=O) groups excluding carboxylic acids is 1. The molecule has 3 aromatic heterocycles. The Labute approximate surface area is 178 Å². The summed E-state index contributed by atoms with van der Waals surface area (Å²) in [6.45, 7) is 0. The normalized spacial score (nSPS) is 13.0. The molecule has 0 bridgehead atoms. The van der Waals surface area contributed by atoms with Crippen LogP contribution in [0.2, 0.25) is 0 Å². The summed E-state index contributed by atoms with van der Waals surface area (Å²) in [5.41, 5.74) is 3.58. The first kappa shape index (κ1) is 19.8. The molecule has 1 N–H and O–H groups in total. The number of nitrogens with zero attached hydrogens (tertiary/aromatic N) is 2. The summed E-state index contributed by atoms with van der Waals surface area (Å²) in [5, 5.41) is 3.80. The van der Waals surface area contributed by atoms with E-state index in [4.69, 9.17) is 4.42 Å². The summed E-state index contributed by atoms with van der Waals surface area (Å²) in [4.78, 5) is 21.4. The van der Waals surface area contributed by atoms with E-state index in [0.717, 1.165) is 39.2 Å². The number of amides is 1. The van der Waals surface area contributed by atoms with Crippen LogP contribution < -0.4 is 5.32 Å². The predicted molar refractivity (Wildman–Crippen MR) is 123 cm³/mol. The maximum Gasteiger partial charge on any atom is 0.291 e. The second-order valence-corrected chi connectivity index (χ2v) is 7.73. The third-order valence-electron chi connectivity index (χ3n) is 4.67. The number of hydrogen-bond acceptors (Lipinski definition) is 5. The molecule has 1 aromatic carbocycles. The van der Waals surface area contributed by atoms with E-state index >= 15 is 0 Å². The second-order valence-electron chi connectivity index (χ2n) is 6.70. The van der Waals surface area contributed by atoms with Gasteiger partial charge < -0.3 is 9.73 Å².